The summed E-state index contributed by atoms with van der Waals surface area (Å²) >= 11 is 0.941. The summed E-state index contributed by atoms with van der Waals surface area (Å²) in [5, 5.41) is 2.02. The highest BCUT2D eigenvalue weighted by molar-refractivity contribution is 8.12. The first kappa shape index (κ1) is 15.0. The number of aromatic nitrogens is 4. The summed E-state index contributed by atoms with van der Waals surface area (Å²) in [5.74, 6) is 0.170. The molecule has 2 rings (SSSR count). The maximum atomic E-state index is 12.1. The Labute approximate surface area is 122 Å². The third kappa shape index (κ3) is 2.75. The summed E-state index contributed by atoms with van der Waals surface area (Å²) in [7, 11) is 2.90. The molecule has 9 nitrogen and oxygen atoms in total. The van der Waals surface area contributed by atoms with Crippen LogP contribution in [0, 0.1) is 0 Å². The van der Waals surface area contributed by atoms with E-state index in [1.807, 2.05) is 0 Å². The summed E-state index contributed by atoms with van der Waals surface area (Å²) in [6.07, 6.45) is 1.84. The van der Waals surface area contributed by atoms with Gasteiger partial charge in [-0.3, -0.25) is 23.5 Å². The van der Waals surface area contributed by atoms with Crippen molar-refractivity contribution in [3.05, 3.63) is 27.2 Å². The lowest BCUT2D eigenvalue weighted by Gasteiger charge is -2.06. The van der Waals surface area contributed by atoms with Crippen LogP contribution in [0.4, 0.5) is 0 Å². The smallest absolute Gasteiger partial charge is 0.332 e. The minimum absolute atomic E-state index is 0.0860. The molecule has 0 aromatic carbocycles. The van der Waals surface area contributed by atoms with Crippen LogP contribution in [-0.2, 0) is 29.6 Å². The van der Waals surface area contributed by atoms with Gasteiger partial charge in [-0.25, -0.2) is 9.78 Å². The molecule has 0 aliphatic rings. The van der Waals surface area contributed by atoms with Gasteiger partial charge in [0.1, 0.15) is 0 Å². The van der Waals surface area contributed by atoms with Crippen molar-refractivity contribution in [2.75, 3.05) is 6.54 Å². The largest absolute Gasteiger partial charge is 0.351 e. The van der Waals surface area contributed by atoms with Crippen LogP contribution in [0.2, 0.25) is 0 Å². The highest BCUT2D eigenvalue weighted by Crippen LogP contribution is 2.11. The van der Waals surface area contributed by atoms with Crippen LogP contribution in [0.3, 0.4) is 0 Å². The lowest BCUT2D eigenvalue weighted by atomic mass is 10.5. The van der Waals surface area contributed by atoms with E-state index in [1.165, 1.54) is 29.6 Å². The number of amides is 1. The molecule has 0 aliphatic carbocycles. The molecular weight excluding hydrogens is 298 g/mol. The molecule has 0 unspecified atom stereocenters. The summed E-state index contributed by atoms with van der Waals surface area (Å²) in [6.45, 7) is -0.0860. The minimum atomic E-state index is -0.468. The van der Waals surface area contributed by atoms with Crippen molar-refractivity contribution in [1.29, 1.82) is 0 Å². The van der Waals surface area contributed by atoms with Gasteiger partial charge in [0.05, 0.1) is 18.7 Å². The van der Waals surface area contributed by atoms with Crippen molar-refractivity contribution in [2.24, 2.45) is 14.1 Å². The lowest BCUT2D eigenvalue weighted by molar-refractivity contribution is -0.114. The molecule has 0 saturated heterocycles. The Morgan fingerprint density at radius 3 is 2.76 bits per heavy atom. The van der Waals surface area contributed by atoms with Gasteiger partial charge < -0.3 is 9.88 Å². The van der Waals surface area contributed by atoms with Gasteiger partial charge in [0.15, 0.2) is 11.2 Å². The number of aryl methyl sites for hydroxylation is 1. The van der Waals surface area contributed by atoms with Gasteiger partial charge in [-0.2, -0.15) is 0 Å². The van der Waals surface area contributed by atoms with E-state index in [4.69, 9.17) is 0 Å². The van der Waals surface area contributed by atoms with Crippen molar-refractivity contribution in [3.8, 4) is 0 Å². The van der Waals surface area contributed by atoms with Gasteiger partial charge in [0.2, 0.25) is 11.5 Å². The predicted octanol–water partition coefficient (Wildman–Crippen LogP) is -1.60. The molecule has 0 radical (unpaired) electrons. The first-order valence-electron chi connectivity index (χ1n) is 5.91. The topological polar surface area (TPSA) is 108 Å². The van der Waals surface area contributed by atoms with E-state index in [0.717, 1.165) is 16.3 Å². The highest BCUT2D eigenvalue weighted by Gasteiger charge is 2.14. The van der Waals surface area contributed by atoms with E-state index in [1.54, 1.807) is 0 Å². The molecule has 0 bridgehead atoms. The maximum Gasteiger partial charge on any atom is 0.332 e. The van der Waals surface area contributed by atoms with Gasteiger partial charge in [-0.1, -0.05) is 11.8 Å². The van der Waals surface area contributed by atoms with Crippen molar-refractivity contribution < 1.29 is 9.59 Å². The number of carbonyl (C=O) groups is 2. The van der Waals surface area contributed by atoms with Crippen molar-refractivity contribution >= 4 is 34.5 Å². The van der Waals surface area contributed by atoms with E-state index in [-0.39, 0.29) is 28.7 Å². The molecule has 0 aliphatic heterocycles. The fourth-order valence-electron chi connectivity index (χ4n) is 1.81. The zero-order chi connectivity index (χ0) is 15.6. The number of hydrogen-bond donors (Lipinski definition) is 1. The Morgan fingerprint density at radius 2 is 2.10 bits per heavy atom. The Morgan fingerprint density at radius 1 is 1.38 bits per heavy atom. The molecule has 21 heavy (non-hydrogen) atoms. The second kappa shape index (κ2) is 5.95. The Hall–Kier alpha value is -2.36. The van der Waals surface area contributed by atoms with Crippen LogP contribution in [-0.4, -0.2) is 36.8 Å². The van der Waals surface area contributed by atoms with E-state index in [0.29, 0.717) is 6.41 Å². The van der Waals surface area contributed by atoms with Gasteiger partial charge in [-0.05, 0) is 0 Å². The molecule has 1 amide bonds. The van der Waals surface area contributed by atoms with Crippen molar-refractivity contribution in [1.82, 2.24) is 24.0 Å². The van der Waals surface area contributed by atoms with E-state index in [2.05, 4.69) is 10.3 Å². The summed E-state index contributed by atoms with van der Waals surface area (Å²) in [5.41, 5.74) is -0.410. The first-order valence-corrected chi connectivity index (χ1v) is 6.89. The van der Waals surface area contributed by atoms with Gasteiger partial charge >= 0.3 is 5.69 Å². The maximum absolute atomic E-state index is 12.1. The molecular formula is C11H13N5O4S. The zero-order valence-electron chi connectivity index (χ0n) is 11.4. The second-order valence-electron chi connectivity index (χ2n) is 4.24. The van der Waals surface area contributed by atoms with Gasteiger partial charge in [-0.15, -0.1) is 0 Å². The van der Waals surface area contributed by atoms with Crippen molar-refractivity contribution in [2.45, 2.75) is 5.88 Å². The number of imidazole rings is 1. The average molecular weight is 311 g/mol. The number of nitrogens with one attached hydrogen (secondary N) is 1. The number of hydrogen-bond acceptors (Lipinski definition) is 6. The normalized spacial score (nSPS) is 10.8. The highest BCUT2D eigenvalue weighted by atomic mass is 32.2. The zero-order valence-corrected chi connectivity index (χ0v) is 12.2. The van der Waals surface area contributed by atoms with Crippen LogP contribution < -0.4 is 16.6 Å². The first-order chi connectivity index (χ1) is 9.97. The molecule has 112 valence electrons. The second-order valence-corrected chi connectivity index (χ2v) is 5.24. The number of fused-ring (bicyclic) bond motifs is 1. The summed E-state index contributed by atoms with van der Waals surface area (Å²) in [4.78, 5) is 49.5. The number of nitrogens with zero attached hydrogens (tertiary/aromatic N) is 4. The number of carbonyl (C=O) groups excluding carboxylic acids is 2. The predicted molar refractivity (Wildman–Crippen MR) is 76.9 cm³/mol. The van der Waals surface area contributed by atoms with Crippen molar-refractivity contribution in [3.63, 3.8) is 0 Å². The van der Waals surface area contributed by atoms with Gasteiger partial charge in [0.25, 0.3) is 5.56 Å². The standard InChI is InChI=1S/C11H13N5O4S/c1-14-9-8(10(19)15(2)11(14)20)16(4-13-9)6-21-7(18)3-12-5-17/h4-5H,3,6H2,1-2H3,(H,12,17). The molecule has 0 fully saturated rings. The van der Waals surface area contributed by atoms with E-state index >= 15 is 0 Å². The van der Waals surface area contributed by atoms with E-state index < -0.39 is 11.2 Å². The Kier molecular flexibility index (Phi) is 4.26. The quantitative estimate of drug-likeness (QED) is 0.666. The van der Waals surface area contributed by atoms with Crippen LogP contribution in [0.1, 0.15) is 0 Å². The monoisotopic (exact) mass is 311 g/mol. The summed E-state index contributed by atoms with van der Waals surface area (Å²) in [6, 6.07) is 0. The molecule has 0 saturated carbocycles. The van der Waals surface area contributed by atoms with Crippen LogP contribution in [0.25, 0.3) is 11.2 Å². The molecule has 2 aromatic rings. The third-order valence-electron chi connectivity index (χ3n) is 2.91. The lowest BCUT2D eigenvalue weighted by Crippen LogP contribution is -2.37. The third-order valence-corrected chi connectivity index (χ3v) is 3.79. The van der Waals surface area contributed by atoms with Gasteiger partial charge in [0, 0.05) is 14.1 Å². The molecule has 1 N–H and O–H groups in total. The SMILES string of the molecule is Cn1c(=O)c2c(ncn2CSC(=O)CNC=O)n(C)c1=O. The average Bonchev–Trinajstić information content (AvgIpc) is 2.90. The fraction of sp³-hybridized carbons (Fsp3) is 0.364. The molecule has 2 aromatic heterocycles. The van der Waals surface area contributed by atoms with Crippen LogP contribution >= 0.6 is 11.8 Å². The molecule has 2 heterocycles. The van der Waals surface area contributed by atoms with Crippen LogP contribution in [0.15, 0.2) is 15.9 Å². The molecule has 0 atom stereocenters. The Balaban J connectivity index is 2.35. The minimum Gasteiger partial charge on any atom is -0.351 e. The molecule has 0 spiro atoms. The fourth-order valence-corrected chi connectivity index (χ4v) is 2.48. The Bertz CT molecular complexity index is 818. The summed E-state index contributed by atoms with van der Waals surface area (Å²) < 4.78 is 3.76. The van der Waals surface area contributed by atoms with Crippen LogP contribution in [0.5, 0.6) is 0 Å². The molecule has 10 heteroatoms. The number of thioether (sulfide) groups is 1. The van der Waals surface area contributed by atoms with E-state index in [9.17, 15) is 19.2 Å². The number of rotatable bonds is 5.